The number of carbonyl (C=O) groups is 1. The fourth-order valence-corrected chi connectivity index (χ4v) is 7.58. The van der Waals surface area contributed by atoms with Crippen molar-refractivity contribution < 1.29 is 19.2 Å². The SMILES string of the molecule is Cc1nc(NCC23CCC(OCc4c(-c5c(Cl)cccc5Cl)noc4C4CC4)(CC2)CC3)sc1CC(=O)O. The summed E-state index contributed by atoms with van der Waals surface area (Å²) in [5, 5.41) is 19.0. The topological polar surface area (TPSA) is 97.5 Å². The summed E-state index contributed by atoms with van der Waals surface area (Å²) in [6.45, 7) is 3.18. The molecule has 2 aromatic heterocycles. The molecule has 0 unspecified atom stereocenters. The number of fused-ring (bicyclic) bond motifs is 3. The lowest BCUT2D eigenvalue weighted by Crippen LogP contribution is -2.50. The molecular formula is C28H31Cl2N3O4S. The van der Waals surface area contributed by atoms with Gasteiger partial charge in [-0.3, -0.25) is 4.79 Å². The van der Waals surface area contributed by atoms with Crippen LogP contribution < -0.4 is 5.32 Å². The molecule has 3 aromatic rings. The van der Waals surface area contributed by atoms with Crippen molar-refractivity contribution in [1.29, 1.82) is 0 Å². The zero-order valence-corrected chi connectivity index (χ0v) is 23.6. The van der Waals surface area contributed by atoms with Gasteiger partial charge in [0.05, 0.1) is 34.4 Å². The molecule has 0 saturated heterocycles. The lowest BCUT2D eigenvalue weighted by molar-refractivity contribution is -0.140. The van der Waals surface area contributed by atoms with E-state index in [1.165, 1.54) is 11.3 Å². The quantitative estimate of drug-likeness (QED) is 0.256. The van der Waals surface area contributed by atoms with Gasteiger partial charge in [0.25, 0.3) is 0 Å². The minimum absolute atomic E-state index is 0.0230. The number of carboxylic acid groups (broad SMARTS) is 1. The van der Waals surface area contributed by atoms with Gasteiger partial charge in [-0.1, -0.05) is 34.4 Å². The number of halogens is 2. The number of hydrogen-bond acceptors (Lipinski definition) is 7. The van der Waals surface area contributed by atoms with Gasteiger partial charge in [-0.2, -0.15) is 0 Å². The van der Waals surface area contributed by atoms with Crippen molar-refractivity contribution in [3.05, 3.63) is 50.1 Å². The lowest BCUT2D eigenvalue weighted by atomic mass is 9.58. The second-order valence-electron chi connectivity index (χ2n) is 11.2. The van der Waals surface area contributed by atoms with Gasteiger partial charge in [-0.25, -0.2) is 4.98 Å². The molecule has 0 radical (unpaired) electrons. The Morgan fingerprint density at radius 1 is 1.18 bits per heavy atom. The summed E-state index contributed by atoms with van der Waals surface area (Å²) in [6.07, 6.45) is 8.56. The predicted octanol–water partition coefficient (Wildman–Crippen LogP) is 7.64. The van der Waals surface area contributed by atoms with Crippen LogP contribution in [0.4, 0.5) is 5.13 Å². The molecule has 10 heteroatoms. The van der Waals surface area contributed by atoms with E-state index in [1.54, 1.807) is 0 Å². The van der Waals surface area contributed by atoms with Crippen molar-refractivity contribution in [3.8, 4) is 11.3 Å². The maximum Gasteiger partial charge on any atom is 0.308 e. The highest BCUT2D eigenvalue weighted by molar-refractivity contribution is 7.15. The zero-order valence-electron chi connectivity index (χ0n) is 21.3. The highest BCUT2D eigenvalue weighted by Gasteiger charge is 2.49. The van der Waals surface area contributed by atoms with Crippen LogP contribution in [0.5, 0.6) is 0 Å². The van der Waals surface area contributed by atoms with Crippen molar-refractivity contribution in [2.45, 2.75) is 82.8 Å². The summed E-state index contributed by atoms with van der Waals surface area (Å²) in [7, 11) is 0. The van der Waals surface area contributed by atoms with Crippen LogP contribution in [0.1, 0.15) is 79.2 Å². The number of aryl methyl sites for hydroxylation is 1. The first-order valence-corrected chi connectivity index (χ1v) is 14.8. The normalized spacial score (nSPS) is 24.6. The number of hydrogen-bond donors (Lipinski definition) is 2. The Morgan fingerprint density at radius 3 is 2.50 bits per heavy atom. The number of ether oxygens (including phenoxy) is 1. The van der Waals surface area contributed by atoms with Crippen molar-refractivity contribution in [2.24, 2.45) is 5.41 Å². The first-order chi connectivity index (χ1) is 18.3. The standard InChI is InChI=1S/C28H31Cl2N3O4S/c1-16-21(13-22(34)35)38-26(32-16)31-15-27-7-10-28(11-8-27,12-9-27)36-14-18-24(33-37-25(18)17-5-6-17)23-19(29)3-2-4-20(23)30/h2-4,17H,5-15H2,1H3,(H,31,32)(H,34,35). The Morgan fingerprint density at radius 2 is 1.87 bits per heavy atom. The third-order valence-electron chi connectivity index (χ3n) is 8.64. The molecule has 0 spiro atoms. The summed E-state index contributed by atoms with van der Waals surface area (Å²) < 4.78 is 12.6. The van der Waals surface area contributed by atoms with Gasteiger partial charge in [0.2, 0.25) is 0 Å². The summed E-state index contributed by atoms with van der Waals surface area (Å²) >= 11 is 14.5. The van der Waals surface area contributed by atoms with E-state index in [1.807, 2.05) is 25.1 Å². The van der Waals surface area contributed by atoms with E-state index in [0.29, 0.717) is 33.8 Å². The largest absolute Gasteiger partial charge is 0.481 e. The fourth-order valence-electron chi connectivity index (χ4n) is 6.05. The number of nitrogens with zero attached hydrogens (tertiary/aromatic N) is 2. The van der Waals surface area contributed by atoms with Gasteiger partial charge < -0.3 is 19.7 Å². The van der Waals surface area contributed by atoms with E-state index in [2.05, 4.69) is 15.5 Å². The molecule has 202 valence electrons. The molecule has 4 aliphatic rings. The van der Waals surface area contributed by atoms with Gasteiger partial charge in [0, 0.05) is 28.5 Å². The van der Waals surface area contributed by atoms with Crippen LogP contribution in [0.15, 0.2) is 22.7 Å². The smallest absolute Gasteiger partial charge is 0.308 e. The lowest BCUT2D eigenvalue weighted by Gasteiger charge is -2.53. The Hall–Kier alpha value is -2.13. The van der Waals surface area contributed by atoms with Crippen molar-refractivity contribution in [2.75, 3.05) is 11.9 Å². The second-order valence-corrected chi connectivity index (χ2v) is 13.1. The number of anilines is 1. The Bertz CT molecular complexity index is 1320. The van der Waals surface area contributed by atoms with Gasteiger partial charge in [0.15, 0.2) is 5.13 Å². The van der Waals surface area contributed by atoms with Crippen molar-refractivity contribution >= 4 is 45.6 Å². The summed E-state index contributed by atoms with van der Waals surface area (Å²) in [6, 6.07) is 5.49. The molecule has 38 heavy (non-hydrogen) atoms. The minimum Gasteiger partial charge on any atom is -0.481 e. The number of carboxylic acids is 1. The van der Waals surface area contributed by atoms with Gasteiger partial charge in [0.1, 0.15) is 11.5 Å². The molecule has 0 amide bonds. The highest BCUT2D eigenvalue weighted by atomic mass is 35.5. The van der Waals surface area contributed by atoms with E-state index in [-0.39, 0.29) is 17.4 Å². The average Bonchev–Trinajstić information content (AvgIpc) is 3.57. The number of nitrogens with one attached hydrogen (secondary N) is 1. The van der Waals surface area contributed by atoms with E-state index >= 15 is 0 Å². The van der Waals surface area contributed by atoms with Crippen molar-refractivity contribution in [1.82, 2.24) is 10.1 Å². The van der Waals surface area contributed by atoms with Crippen LogP contribution in [0, 0.1) is 12.3 Å². The molecule has 2 bridgehead atoms. The monoisotopic (exact) mass is 575 g/mol. The summed E-state index contributed by atoms with van der Waals surface area (Å²) in [4.78, 5) is 16.5. The number of aliphatic carboxylic acids is 1. The molecular weight excluding hydrogens is 545 g/mol. The molecule has 4 fully saturated rings. The van der Waals surface area contributed by atoms with Crippen LogP contribution in [0.2, 0.25) is 10.0 Å². The van der Waals surface area contributed by atoms with Crippen LogP contribution in [0.3, 0.4) is 0 Å². The third-order valence-corrected chi connectivity index (χ3v) is 10.4. The van der Waals surface area contributed by atoms with Crippen LogP contribution in [-0.4, -0.2) is 33.4 Å². The predicted molar refractivity (Wildman–Crippen MR) is 148 cm³/mol. The van der Waals surface area contributed by atoms with Crippen LogP contribution >= 0.6 is 34.5 Å². The zero-order chi connectivity index (χ0) is 26.5. The first-order valence-electron chi connectivity index (χ1n) is 13.3. The van der Waals surface area contributed by atoms with E-state index in [4.69, 9.17) is 37.6 Å². The Balaban J connectivity index is 1.12. The molecule has 4 saturated carbocycles. The van der Waals surface area contributed by atoms with E-state index < -0.39 is 5.97 Å². The van der Waals surface area contributed by atoms with E-state index in [9.17, 15) is 4.79 Å². The first kappa shape index (κ1) is 26.1. The second kappa shape index (κ2) is 10.1. The van der Waals surface area contributed by atoms with Crippen LogP contribution in [0.25, 0.3) is 11.3 Å². The molecule has 0 atom stereocenters. The highest BCUT2D eigenvalue weighted by Crippen LogP contribution is 2.55. The number of benzene rings is 1. The van der Waals surface area contributed by atoms with Gasteiger partial charge >= 0.3 is 5.97 Å². The maximum atomic E-state index is 11.1. The Kier molecular flexibility index (Phi) is 6.95. The molecule has 2 N–H and O–H groups in total. The molecule has 4 aliphatic carbocycles. The minimum atomic E-state index is -0.824. The van der Waals surface area contributed by atoms with Gasteiger partial charge in [-0.05, 0) is 75.8 Å². The Labute approximate surface area is 235 Å². The van der Waals surface area contributed by atoms with Gasteiger partial charge in [-0.15, -0.1) is 11.3 Å². The average molecular weight is 577 g/mol. The summed E-state index contributed by atoms with van der Waals surface area (Å²) in [5.74, 6) is 0.490. The van der Waals surface area contributed by atoms with E-state index in [0.717, 1.165) is 84.9 Å². The number of thiazole rings is 1. The molecule has 0 aliphatic heterocycles. The number of rotatable bonds is 10. The molecule has 7 rings (SSSR count). The third kappa shape index (κ3) is 5.08. The molecule has 1 aromatic carbocycles. The fraction of sp³-hybridized carbons (Fsp3) is 0.536. The van der Waals surface area contributed by atoms with Crippen molar-refractivity contribution in [3.63, 3.8) is 0 Å². The van der Waals surface area contributed by atoms with Crippen LogP contribution in [-0.2, 0) is 22.6 Å². The maximum absolute atomic E-state index is 11.1. The number of aromatic nitrogens is 2. The molecule has 7 nitrogen and oxygen atoms in total. The molecule has 2 heterocycles. The summed E-state index contributed by atoms with van der Waals surface area (Å²) in [5.41, 5.74) is 3.29.